The fourth-order valence-electron chi connectivity index (χ4n) is 4.98. The number of carbonyl (C=O) groups is 3. The second-order valence-electron chi connectivity index (χ2n) is 8.25. The first-order valence-corrected chi connectivity index (χ1v) is 9.71. The molecular formula is C21H26N2O5. The van der Waals surface area contributed by atoms with Crippen LogP contribution in [0.15, 0.2) is 24.3 Å². The van der Waals surface area contributed by atoms with Gasteiger partial charge in [0.2, 0.25) is 0 Å². The number of methoxy groups -OCH3 is 2. The number of nitrogens with zero attached hydrogens (tertiary/aromatic N) is 1. The molecule has 1 aromatic carbocycles. The Kier molecular flexibility index (Phi) is 4.65. The first-order chi connectivity index (χ1) is 13.5. The molecular weight excluding hydrogens is 360 g/mol. The second kappa shape index (κ2) is 6.88. The first-order valence-electron chi connectivity index (χ1n) is 9.71. The molecule has 2 heterocycles. The van der Waals surface area contributed by atoms with Crippen molar-refractivity contribution in [2.45, 2.75) is 19.3 Å². The van der Waals surface area contributed by atoms with E-state index < -0.39 is 22.8 Å². The van der Waals surface area contributed by atoms with Crippen molar-refractivity contribution in [1.82, 2.24) is 10.2 Å². The quantitative estimate of drug-likeness (QED) is 0.761. The maximum Gasteiger partial charge on any atom is 0.314 e. The number of ether oxygens (including phenoxy) is 2. The van der Waals surface area contributed by atoms with Gasteiger partial charge < -0.3 is 19.7 Å². The van der Waals surface area contributed by atoms with Crippen LogP contribution < -0.4 is 5.32 Å². The molecule has 28 heavy (non-hydrogen) atoms. The molecule has 1 N–H and O–H groups in total. The SMILES string of the molecule is COC(=O)[C@@]12CN(C(=O)c3ccc(CC4CCNC4)cc3)C[C@]1(C(=O)OC)C2. The van der Waals surface area contributed by atoms with Gasteiger partial charge in [0.25, 0.3) is 5.91 Å². The average Bonchev–Trinajstić information content (AvgIpc) is 3.04. The van der Waals surface area contributed by atoms with Crippen LogP contribution in [0.5, 0.6) is 0 Å². The number of piperidine rings is 1. The normalized spacial score (nSPS) is 30.6. The van der Waals surface area contributed by atoms with E-state index in [0.29, 0.717) is 17.9 Å². The highest BCUT2D eigenvalue weighted by Crippen LogP contribution is 2.69. The lowest BCUT2D eigenvalue weighted by Crippen LogP contribution is -2.34. The van der Waals surface area contributed by atoms with Crippen molar-refractivity contribution in [3.63, 3.8) is 0 Å². The maximum absolute atomic E-state index is 13.0. The van der Waals surface area contributed by atoms with Gasteiger partial charge in [-0.15, -0.1) is 0 Å². The number of rotatable bonds is 5. The molecule has 150 valence electrons. The van der Waals surface area contributed by atoms with Gasteiger partial charge in [-0.05, 0) is 56.0 Å². The summed E-state index contributed by atoms with van der Waals surface area (Å²) in [5.41, 5.74) is -0.166. The smallest absolute Gasteiger partial charge is 0.314 e. The monoisotopic (exact) mass is 386 g/mol. The lowest BCUT2D eigenvalue weighted by Gasteiger charge is -2.21. The Morgan fingerprint density at radius 1 is 1.07 bits per heavy atom. The van der Waals surface area contributed by atoms with Crippen LogP contribution in [-0.2, 0) is 25.5 Å². The number of esters is 2. The number of carbonyl (C=O) groups excluding carboxylic acids is 3. The molecule has 0 radical (unpaired) electrons. The van der Waals surface area contributed by atoms with Crippen molar-refractivity contribution in [2.24, 2.45) is 16.7 Å². The highest BCUT2D eigenvalue weighted by molar-refractivity contribution is 6.00. The van der Waals surface area contributed by atoms with E-state index in [4.69, 9.17) is 9.47 Å². The Labute approximate surface area is 164 Å². The minimum Gasteiger partial charge on any atom is -0.469 e. The van der Waals surface area contributed by atoms with Gasteiger partial charge in [0, 0.05) is 18.7 Å². The summed E-state index contributed by atoms with van der Waals surface area (Å²) >= 11 is 0. The van der Waals surface area contributed by atoms with Gasteiger partial charge in [-0.2, -0.15) is 0 Å². The van der Waals surface area contributed by atoms with Gasteiger partial charge in [0.15, 0.2) is 0 Å². The standard InChI is InChI=1S/C21H26N2O5/c1-27-18(25)20-11-21(20,19(26)28-2)13-23(12-20)17(24)16-5-3-14(4-6-16)9-15-7-8-22-10-15/h3-6,15,22H,7-13H2,1-2H3/t15?,20-,21+. The van der Waals surface area contributed by atoms with Gasteiger partial charge in [-0.1, -0.05) is 12.1 Å². The molecule has 1 saturated carbocycles. The zero-order valence-electron chi connectivity index (χ0n) is 16.3. The molecule has 0 aromatic heterocycles. The summed E-state index contributed by atoms with van der Waals surface area (Å²) in [6, 6.07) is 7.66. The van der Waals surface area contributed by atoms with E-state index in [1.807, 2.05) is 24.3 Å². The molecule has 1 amide bonds. The van der Waals surface area contributed by atoms with Crippen LogP contribution in [0.25, 0.3) is 0 Å². The Hall–Kier alpha value is -2.41. The summed E-state index contributed by atoms with van der Waals surface area (Å²) < 4.78 is 9.84. The maximum atomic E-state index is 13.0. The topological polar surface area (TPSA) is 84.9 Å². The molecule has 1 aromatic rings. The molecule has 3 aliphatic rings. The summed E-state index contributed by atoms with van der Waals surface area (Å²) in [4.78, 5) is 39.3. The summed E-state index contributed by atoms with van der Waals surface area (Å²) in [6.07, 6.45) is 2.55. The number of hydrogen-bond donors (Lipinski definition) is 1. The van der Waals surface area contributed by atoms with Gasteiger partial charge >= 0.3 is 11.9 Å². The summed E-state index contributed by atoms with van der Waals surface area (Å²) in [6.45, 7) is 2.48. The van der Waals surface area contributed by atoms with Crippen LogP contribution in [0.2, 0.25) is 0 Å². The van der Waals surface area contributed by atoms with Crippen LogP contribution in [0.3, 0.4) is 0 Å². The average molecular weight is 386 g/mol. The van der Waals surface area contributed by atoms with Crippen LogP contribution in [0, 0.1) is 16.7 Å². The van der Waals surface area contributed by atoms with E-state index in [1.54, 1.807) is 4.90 Å². The molecule has 1 aliphatic carbocycles. The molecule has 0 bridgehead atoms. The van der Waals surface area contributed by atoms with Crippen molar-refractivity contribution in [1.29, 1.82) is 0 Å². The number of likely N-dealkylation sites (tertiary alicyclic amines) is 1. The van der Waals surface area contributed by atoms with Gasteiger partial charge in [-0.25, -0.2) is 0 Å². The Bertz CT molecular complexity index is 772. The van der Waals surface area contributed by atoms with Crippen molar-refractivity contribution in [3.05, 3.63) is 35.4 Å². The van der Waals surface area contributed by atoms with Crippen molar-refractivity contribution >= 4 is 17.8 Å². The fraction of sp³-hybridized carbons (Fsp3) is 0.571. The van der Waals surface area contributed by atoms with Crippen LogP contribution >= 0.6 is 0 Å². The molecule has 2 aliphatic heterocycles. The third kappa shape index (κ3) is 2.80. The predicted octanol–water partition coefficient (Wildman–Crippen LogP) is 1.02. The third-order valence-corrected chi connectivity index (χ3v) is 6.64. The molecule has 7 nitrogen and oxygen atoms in total. The second-order valence-corrected chi connectivity index (χ2v) is 8.25. The number of fused-ring (bicyclic) bond motifs is 1. The summed E-state index contributed by atoms with van der Waals surface area (Å²) in [5, 5.41) is 3.37. The van der Waals surface area contributed by atoms with Gasteiger partial charge in [-0.3, -0.25) is 14.4 Å². The number of amides is 1. The van der Waals surface area contributed by atoms with Gasteiger partial charge in [0.1, 0.15) is 10.8 Å². The molecule has 4 rings (SSSR count). The van der Waals surface area contributed by atoms with Crippen LogP contribution in [-0.4, -0.2) is 63.1 Å². The number of nitrogens with one attached hydrogen (secondary N) is 1. The van der Waals surface area contributed by atoms with Crippen molar-refractivity contribution < 1.29 is 23.9 Å². The van der Waals surface area contributed by atoms with Gasteiger partial charge in [0.05, 0.1) is 14.2 Å². The minimum absolute atomic E-state index is 0.173. The van der Waals surface area contributed by atoms with Crippen molar-refractivity contribution in [3.8, 4) is 0 Å². The summed E-state index contributed by atoms with van der Waals surface area (Å²) in [5.74, 6) is -0.428. The zero-order chi connectivity index (χ0) is 19.9. The highest BCUT2D eigenvalue weighted by Gasteiger charge is 2.82. The first kappa shape index (κ1) is 18.9. The largest absolute Gasteiger partial charge is 0.469 e. The molecule has 2 saturated heterocycles. The molecule has 3 atom stereocenters. The minimum atomic E-state index is -0.972. The molecule has 3 fully saturated rings. The predicted molar refractivity (Wildman–Crippen MR) is 101 cm³/mol. The number of hydrogen-bond acceptors (Lipinski definition) is 6. The highest BCUT2D eigenvalue weighted by atomic mass is 16.5. The zero-order valence-corrected chi connectivity index (χ0v) is 16.3. The van der Waals surface area contributed by atoms with E-state index in [2.05, 4.69) is 5.32 Å². The molecule has 0 spiro atoms. The van der Waals surface area contributed by atoms with Crippen LogP contribution in [0.4, 0.5) is 0 Å². The lowest BCUT2D eigenvalue weighted by atomic mass is 9.96. The Morgan fingerprint density at radius 2 is 1.68 bits per heavy atom. The van der Waals surface area contributed by atoms with E-state index in [1.165, 1.54) is 26.2 Å². The van der Waals surface area contributed by atoms with E-state index >= 15 is 0 Å². The summed E-state index contributed by atoms with van der Waals surface area (Å²) in [7, 11) is 2.61. The lowest BCUT2D eigenvalue weighted by molar-refractivity contribution is -0.155. The molecule has 1 unspecified atom stereocenters. The molecule has 7 heteroatoms. The van der Waals surface area contributed by atoms with E-state index in [9.17, 15) is 14.4 Å². The van der Waals surface area contributed by atoms with E-state index in [-0.39, 0.29) is 19.0 Å². The fourth-order valence-corrected chi connectivity index (χ4v) is 4.98. The van der Waals surface area contributed by atoms with E-state index in [0.717, 1.165) is 19.5 Å². The Balaban J connectivity index is 1.48. The van der Waals surface area contributed by atoms with Crippen molar-refractivity contribution in [2.75, 3.05) is 40.4 Å². The Morgan fingerprint density at radius 3 is 2.18 bits per heavy atom. The number of benzene rings is 1. The third-order valence-electron chi connectivity index (χ3n) is 6.64. The van der Waals surface area contributed by atoms with Crippen LogP contribution in [0.1, 0.15) is 28.8 Å².